The first-order valence-corrected chi connectivity index (χ1v) is 8.16. The molecule has 2 atom stereocenters. The van der Waals surface area contributed by atoms with Crippen LogP contribution in [-0.2, 0) is 0 Å². The summed E-state index contributed by atoms with van der Waals surface area (Å²) in [6, 6.07) is 0. The maximum Gasteiger partial charge on any atom is 0.0799 e. The zero-order valence-corrected chi connectivity index (χ0v) is 13.4. The number of halogens is 1. The van der Waals surface area contributed by atoms with Gasteiger partial charge >= 0.3 is 0 Å². The monoisotopic (exact) mass is 275 g/mol. The minimum atomic E-state index is 0. The quantitative estimate of drug-likeness (QED) is 0.552. The lowest BCUT2D eigenvalue weighted by Gasteiger charge is -2.12. The Morgan fingerprint density at radius 1 is 0.889 bits per heavy atom. The highest BCUT2D eigenvalue weighted by Gasteiger charge is 2.21. The summed E-state index contributed by atoms with van der Waals surface area (Å²) in [5.41, 5.74) is 0. The van der Waals surface area contributed by atoms with E-state index in [1.54, 1.807) is 0 Å². The lowest BCUT2D eigenvalue weighted by molar-refractivity contribution is -0.889. The average Bonchev–Trinajstić information content (AvgIpc) is 2.73. The summed E-state index contributed by atoms with van der Waals surface area (Å²) in [6.07, 6.45) is 14.6. The Morgan fingerprint density at radius 3 is 1.94 bits per heavy atom. The molecule has 2 unspecified atom stereocenters. The Morgan fingerprint density at radius 2 is 1.44 bits per heavy atom. The van der Waals surface area contributed by atoms with Crippen LogP contribution in [0.25, 0.3) is 0 Å². The van der Waals surface area contributed by atoms with Gasteiger partial charge in [-0.3, -0.25) is 0 Å². The van der Waals surface area contributed by atoms with Gasteiger partial charge in [-0.2, -0.15) is 0 Å². The van der Waals surface area contributed by atoms with Gasteiger partial charge in [-0.25, -0.2) is 0 Å². The maximum atomic E-state index is 2.41. The van der Waals surface area contributed by atoms with Gasteiger partial charge in [0.25, 0.3) is 0 Å². The molecule has 1 rings (SSSR count). The van der Waals surface area contributed by atoms with E-state index in [9.17, 15) is 0 Å². The molecule has 0 aromatic rings. The molecule has 1 aliphatic heterocycles. The number of nitrogens with one attached hydrogen (secondary N) is 1. The molecule has 110 valence electrons. The van der Waals surface area contributed by atoms with Crippen molar-refractivity contribution in [3.8, 4) is 0 Å². The number of quaternary nitrogens is 1. The molecule has 0 spiro atoms. The largest absolute Gasteiger partial charge is 1.00 e. The summed E-state index contributed by atoms with van der Waals surface area (Å²) in [5.74, 6) is 0.989. The molecular formula is C16H34ClN. The molecule has 1 saturated heterocycles. The van der Waals surface area contributed by atoms with Gasteiger partial charge in [0, 0.05) is 12.3 Å². The minimum absolute atomic E-state index is 0. The van der Waals surface area contributed by atoms with Crippen molar-refractivity contribution in [2.45, 2.75) is 78.1 Å². The summed E-state index contributed by atoms with van der Waals surface area (Å²) in [5, 5.41) is 0. The van der Waals surface area contributed by atoms with Crippen molar-refractivity contribution >= 4 is 0 Å². The van der Waals surface area contributed by atoms with Gasteiger partial charge in [-0.05, 0) is 12.8 Å². The molecule has 0 saturated carbocycles. The number of hydrogen-bond donors (Lipinski definition) is 1. The molecular weight excluding hydrogens is 242 g/mol. The molecule has 1 nitrogen and oxygen atoms in total. The van der Waals surface area contributed by atoms with Crippen LogP contribution in [0.3, 0.4) is 0 Å². The van der Waals surface area contributed by atoms with Crippen LogP contribution < -0.4 is 17.3 Å². The Labute approximate surface area is 121 Å². The average molecular weight is 276 g/mol. The van der Waals surface area contributed by atoms with E-state index in [1.165, 1.54) is 83.8 Å². The number of hydrogen-bond acceptors (Lipinski definition) is 0. The van der Waals surface area contributed by atoms with E-state index in [0.717, 1.165) is 5.92 Å². The molecule has 1 N–H and O–H groups in total. The van der Waals surface area contributed by atoms with E-state index in [4.69, 9.17) is 0 Å². The van der Waals surface area contributed by atoms with Crippen LogP contribution in [0, 0.1) is 5.92 Å². The SMILES string of the molecule is CCCCCCCCCCC[NH+]1CCC(C)C1.[Cl-]. The van der Waals surface area contributed by atoms with Gasteiger partial charge < -0.3 is 17.3 Å². The molecule has 0 aromatic heterocycles. The maximum absolute atomic E-state index is 2.41. The van der Waals surface area contributed by atoms with Crippen molar-refractivity contribution in [3.63, 3.8) is 0 Å². The van der Waals surface area contributed by atoms with E-state index >= 15 is 0 Å². The smallest absolute Gasteiger partial charge is 0.0799 e. The zero-order chi connectivity index (χ0) is 12.3. The summed E-state index contributed by atoms with van der Waals surface area (Å²) >= 11 is 0. The van der Waals surface area contributed by atoms with Crippen molar-refractivity contribution < 1.29 is 17.3 Å². The summed E-state index contributed by atoms with van der Waals surface area (Å²) < 4.78 is 0. The van der Waals surface area contributed by atoms with Gasteiger partial charge in [0.1, 0.15) is 0 Å². The molecule has 1 heterocycles. The fraction of sp³-hybridized carbons (Fsp3) is 1.00. The molecule has 0 aromatic carbocycles. The van der Waals surface area contributed by atoms with E-state index in [-0.39, 0.29) is 12.4 Å². The Hall–Kier alpha value is 0.250. The molecule has 0 radical (unpaired) electrons. The van der Waals surface area contributed by atoms with Crippen LogP contribution in [0.2, 0.25) is 0 Å². The third kappa shape index (κ3) is 9.22. The van der Waals surface area contributed by atoms with Gasteiger partial charge in [-0.15, -0.1) is 0 Å². The third-order valence-corrected chi connectivity index (χ3v) is 4.26. The van der Waals surface area contributed by atoms with Crippen molar-refractivity contribution in [1.29, 1.82) is 0 Å². The number of rotatable bonds is 10. The first kappa shape index (κ1) is 18.2. The van der Waals surface area contributed by atoms with Crippen LogP contribution >= 0.6 is 0 Å². The lowest BCUT2D eigenvalue weighted by Crippen LogP contribution is -3.10. The second-order valence-corrected chi connectivity index (χ2v) is 6.18. The van der Waals surface area contributed by atoms with Crippen molar-refractivity contribution in [1.82, 2.24) is 0 Å². The van der Waals surface area contributed by atoms with E-state index in [1.807, 2.05) is 4.90 Å². The first-order chi connectivity index (χ1) is 8.33. The van der Waals surface area contributed by atoms with Crippen LogP contribution in [-0.4, -0.2) is 19.6 Å². The van der Waals surface area contributed by atoms with E-state index < -0.39 is 0 Å². The molecule has 0 amide bonds. The first-order valence-electron chi connectivity index (χ1n) is 8.16. The fourth-order valence-electron chi connectivity index (χ4n) is 3.06. The predicted molar refractivity (Wildman–Crippen MR) is 76.6 cm³/mol. The van der Waals surface area contributed by atoms with Gasteiger partial charge in [0.2, 0.25) is 0 Å². The van der Waals surface area contributed by atoms with Crippen LogP contribution in [0.15, 0.2) is 0 Å². The lowest BCUT2D eigenvalue weighted by atomic mass is 10.1. The van der Waals surface area contributed by atoms with Crippen molar-refractivity contribution in [2.24, 2.45) is 5.92 Å². The van der Waals surface area contributed by atoms with E-state index in [0.29, 0.717) is 0 Å². The van der Waals surface area contributed by atoms with Gasteiger partial charge in [-0.1, -0.05) is 58.8 Å². The van der Waals surface area contributed by atoms with Crippen molar-refractivity contribution in [2.75, 3.05) is 19.6 Å². The molecule has 0 aliphatic carbocycles. The molecule has 1 aliphatic rings. The second-order valence-electron chi connectivity index (χ2n) is 6.18. The second kappa shape index (κ2) is 12.3. The zero-order valence-electron chi connectivity index (χ0n) is 12.6. The Balaban J connectivity index is 0.00000289. The summed E-state index contributed by atoms with van der Waals surface area (Å²) in [6.45, 7) is 9.03. The highest BCUT2D eigenvalue weighted by atomic mass is 35.5. The Bertz CT molecular complexity index is 172. The molecule has 1 fully saturated rings. The minimum Gasteiger partial charge on any atom is -1.00 e. The van der Waals surface area contributed by atoms with Crippen LogP contribution in [0.1, 0.15) is 78.1 Å². The molecule has 0 bridgehead atoms. The van der Waals surface area contributed by atoms with Crippen molar-refractivity contribution in [3.05, 3.63) is 0 Å². The number of likely N-dealkylation sites (tertiary alicyclic amines) is 1. The summed E-state index contributed by atoms with van der Waals surface area (Å²) in [7, 11) is 0. The van der Waals surface area contributed by atoms with Crippen LogP contribution in [0.5, 0.6) is 0 Å². The number of unbranched alkanes of at least 4 members (excludes halogenated alkanes) is 8. The molecule has 2 heteroatoms. The predicted octanol–water partition coefficient (Wildman–Crippen LogP) is 0.446. The van der Waals surface area contributed by atoms with E-state index in [2.05, 4.69) is 13.8 Å². The summed E-state index contributed by atoms with van der Waals surface area (Å²) in [4.78, 5) is 1.88. The highest BCUT2D eigenvalue weighted by Crippen LogP contribution is 2.09. The van der Waals surface area contributed by atoms with Gasteiger partial charge in [0.15, 0.2) is 0 Å². The Kier molecular flexibility index (Phi) is 12.5. The molecule has 18 heavy (non-hydrogen) atoms. The normalized spacial score (nSPS) is 23.0. The fourth-order valence-corrected chi connectivity index (χ4v) is 3.06. The van der Waals surface area contributed by atoms with Crippen LogP contribution in [0.4, 0.5) is 0 Å². The highest BCUT2D eigenvalue weighted by molar-refractivity contribution is 4.55. The third-order valence-electron chi connectivity index (χ3n) is 4.26. The topological polar surface area (TPSA) is 4.44 Å². The standard InChI is InChI=1S/C16H33N.ClH/c1-3-4-5-6-7-8-9-10-11-13-17-14-12-16(2)15-17;/h16H,3-15H2,1-2H3;1H. The van der Waals surface area contributed by atoms with Gasteiger partial charge in [0.05, 0.1) is 19.6 Å².